The minimum absolute atomic E-state index is 0.0293. The third-order valence-electron chi connectivity index (χ3n) is 3.47. The number of nitrogens with two attached hydrogens (primary N) is 1. The van der Waals surface area contributed by atoms with Gasteiger partial charge < -0.3 is 5.73 Å². The fourth-order valence-corrected chi connectivity index (χ4v) is 2.39. The van der Waals surface area contributed by atoms with E-state index < -0.39 is 0 Å². The molecule has 0 aliphatic rings. The van der Waals surface area contributed by atoms with Gasteiger partial charge in [0.1, 0.15) is 6.07 Å². The van der Waals surface area contributed by atoms with Gasteiger partial charge in [-0.05, 0) is 16.5 Å². The minimum Gasteiger partial charge on any atom is -0.397 e. The van der Waals surface area contributed by atoms with Gasteiger partial charge in [0.25, 0.3) is 0 Å². The monoisotopic (exact) mass is 276 g/mol. The Balaban J connectivity index is 2.66. The molecule has 0 saturated carbocycles. The normalized spacial score (nSPS) is 12.5. The van der Waals surface area contributed by atoms with Crippen molar-refractivity contribution >= 4 is 11.3 Å². The smallest absolute Gasteiger partial charge is 0.102 e. The second-order valence-electron chi connectivity index (χ2n) is 6.06. The fourth-order valence-electron chi connectivity index (χ4n) is 2.39. The Morgan fingerprint density at radius 2 is 1.52 bits per heavy atom. The topological polar surface area (TPSA) is 49.8 Å². The van der Waals surface area contributed by atoms with Crippen molar-refractivity contribution < 1.29 is 0 Å². The van der Waals surface area contributed by atoms with E-state index in [-0.39, 0.29) is 5.41 Å². The van der Waals surface area contributed by atoms with Crippen molar-refractivity contribution in [3.63, 3.8) is 0 Å². The molecule has 21 heavy (non-hydrogen) atoms. The van der Waals surface area contributed by atoms with Crippen LogP contribution in [0, 0.1) is 11.3 Å². The standard InChI is InChI=1S/C19H20N2/c1-19(2,3)17-12-8-7-11-15(17)18(21)16(13-20)14-9-5-4-6-10-14/h4-12H,21H2,1-3H3/b18-16+. The predicted molar refractivity (Wildman–Crippen MR) is 88.2 cm³/mol. The quantitative estimate of drug-likeness (QED) is 0.655. The Morgan fingerprint density at radius 3 is 2.10 bits per heavy atom. The Bertz CT molecular complexity index is 698. The van der Waals surface area contributed by atoms with Crippen molar-refractivity contribution in [1.29, 1.82) is 5.26 Å². The molecule has 0 aromatic heterocycles. The van der Waals surface area contributed by atoms with Crippen LogP contribution in [0.4, 0.5) is 0 Å². The van der Waals surface area contributed by atoms with Crippen molar-refractivity contribution in [3.05, 3.63) is 71.3 Å². The summed E-state index contributed by atoms with van der Waals surface area (Å²) in [7, 11) is 0. The molecular weight excluding hydrogens is 256 g/mol. The molecule has 0 aliphatic carbocycles. The van der Waals surface area contributed by atoms with Gasteiger partial charge in [-0.1, -0.05) is 75.4 Å². The zero-order valence-corrected chi connectivity index (χ0v) is 12.7. The molecule has 2 rings (SSSR count). The third-order valence-corrected chi connectivity index (χ3v) is 3.47. The van der Waals surface area contributed by atoms with E-state index in [1.165, 1.54) is 0 Å². The van der Waals surface area contributed by atoms with E-state index in [0.717, 1.165) is 16.7 Å². The van der Waals surface area contributed by atoms with E-state index in [2.05, 4.69) is 32.9 Å². The van der Waals surface area contributed by atoms with Gasteiger partial charge in [0.15, 0.2) is 0 Å². The Labute approximate surface area is 126 Å². The summed E-state index contributed by atoms with van der Waals surface area (Å²) < 4.78 is 0. The van der Waals surface area contributed by atoms with E-state index in [1.54, 1.807) is 0 Å². The van der Waals surface area contributed by atoms with Crippen molar-refractivity contribution in [1.82, 2.24) is 0 Å². The van der Waals surface area contributed by atoms with Gasteiger partial charge in [0, 0.05) is 5.56 Å². The average Bonchev–Trinajstić information content (AvgIpc) is 2.48. The van der Waals surface area contributed by atoms with Gasteiger partial charge in [-0.3, -0.25) is 0 Å². The molecule has 2 nitrogen and oxygen atoms in total. The summed E-state index contributed by atoms with van der Waals surface area (Å²) in [6.45, 7) is 6.44. The minimum atomic E-state index is -0.0293. The first-order valence-electron chi connectivity index (χ1n) is 7.00. The van der Waals surface area contributed by atoms with Gasteiger partial charge in [0.05, 0.1) is 11.3 Å². The summed E-state index contributed by atoms with van der Waals surface area (Å²) in [4.78, 5) is 0. The molecule has 0 bridgehead atoms. The molecule has 0 amide bonds. The van der Waals surface area contributed by atoms with Crippen LogP contribution in [0.5, 0.6) is 0 Å². The summed E-state index contributed by atoms with van der Waals surface area (Å²) in [5.74, 6) is 0. The second kappa shape index (κ2) is 5.85. The van der Waals surface area contributed by atoms with Crippen molar-refractivity contribution in [3.8, 4) is 6.07 Å². The summed E-state index contributed by atoms with van der Waals surface area (Å²) in [6, 6.07) is 19.8. The van der Waals surface area contributed by atoms with Crippen LogP contribution in [0.15, 0.2) is 54.6 Å². The molecule has 2 aromatic rings. The SMILES string of the molecule is CC(C)(C)c1ccccc1/C(N)=C(/C#N)c1ccccc1. The largest absolute Gasteiger partial charge is 0.397 e. The van der Waals surface area contributed by atoms with Gasteiger partial charge >= 0.3 is 0 Å². The molecule has 0 atom stereocenters. The maximum atomic E-state index is 9.52. The average molecular weight is 276 g/mol. The molecule has 0 heterocycles. The predicted octanol–water partition coefficient (Wildman–Crippen LogP) is 4.33. The molecule has 2 heteroatoms. The number of nitriles is 1. The number of hydrogen-bond acceptors (Lipinski definition) is 2. The first-order valence-corrected chi connectivity index (χ1v) is 7.00. The highest BCUT2D eigenvalue weighted by atomic mass is 14.6. The number of allylic oxidation sites excluding steroid dienone is 1. The molecule has 0 fully saturated rings. The molecule has 106 valence electrons. The van der Waals surface area contributed by atoms with Crippen LogP contribution >= 0.6 is 0 Å². The molecular formula is C19H20N2. The van der Waals surface area contributed by atoms with E-state index in [1.807, 2.05) is 48.5 Å². The highest BCUT2D eigenvalue weighted by Crippen LogP contribution is 2.31. The van der Waals surface area contributed by atoms with E-state index in [4.69, 9.17) is 5.73 Å². The van der Waals surface area contributed by atoms with Gasteiger partial charge in [-0.25, -0.2) is 0 Å². The number of rotatable bonds is 2. The molecule has 0 saturated heterocycles. The summed E-state index contributed by atoms with van der Waals surface area (Å²) in [5.41, 5.74) is 10.3. The van der Waals surface area contributed by atoms with Crippen molar-refractivity contribution in [2.45, 2.75) is 26.2 Å². The molecule has 0 unspecified atom stereocenters. The summed E-state index contributed by atoms with van der Waals surface area (Å²) in [5, 5.41) is 9.52. The van der Waals surface area contributed by atoms with Crippen LogP contribution in [0.1, 0.15) is 37.5 Å². The molecule has 2 aromatic carbocycles. The lowest BCUT2D eigenvalue weighted by molar-refractivity contribution is 0.588. The number of benzene rings is 2. The van der Waals surface area contributed by atoms with E-state index in [9.17, 15) is 5.26 Å². The van der Waals surface area contributed by atoms with Gasteiger partial charge in [0.2, 0.25) is 0 Å². The molecule has 2 N–H and O–H groups in total. The number of nitrogens with zero attached hydrogens (tertiary/aromatic N) is 1. The van der Waals surface area contributed by atoms with Crippen LogP contribution in [0.3, 0.4) is 0 Å². The van der Waals surface area contributed by atoms with Crippen LogP contribution in [-0.4, -0.2) is 0 Å². The van der Waals surface area contributed by atoms with E-state index in [0.29, 0.717) is 11.3 Å². The maximum Gasteiger partial charge on any atom is 0.102 e. The Kier molecular flexibility index (Phi) is 4.14. The Morgan fingerprint density at radius 1 is 0.952 bits per heavy atom. The zero-order valence-electron chi connectivity index (χ0n) is 12.7. The first kappa shape index (κ1) is 14.9. The van der Waals surface area contributed by atoms with Crippen molar-refractivity contribution in [2.75, 3.05) is 0 Å². The second-order valence-corrected chi connectivity index (χ2v) is 6.06. The van der Waals surface area contributed by atoms with Crippen LogP contribution < -0.4 is 5.73 Å². The molecule has 0 spiro atoms. The zero-order chi connectivity index (χ0) is 15.5. The van der Waals surface area contributed by atoms with Crippen LogP contribution in [-0.2, 0) is 5.41 Å². The Hall–Kier alpha value is -2.53. The lowest BCUT2D eigenvalue weighted by atomic mass is 9.82. The van der Waals surface area contributed by atoms with Gasteiger partial charge in [-0.15, -0.1) is 0 Å². The van der Waals surface area contributed by atoms with Crippen LogP contribution in [0.25, 0.3) is 11.3 Å². The highest BCUT2D eigenvalue weighted by Gasteiger charge is 2.20. The maximum absolute atomic E-state index is 9.52. The van der Waals surface area contributed by atoms with E-state index >= 15 is 0 Å². The van der Waals surface area contributed by atoms with Crippen LogP contribution in [0.2, 0.25) is 0 Å². The van der Waals surface area contributed by atoms with Crippen molar-refractivity contribution in [2.24, 2.45) is 5.73 Å². The number of hydrogen-bond donors (Lipinski definition) is 1. The summed E-state index contributed by atoms with van der Waals surface area (Å²) in [6.07, 6.45) is 0. The fraction of sp³-hybridized carbons (Fsp3) is 0.211. The summed E-state index contributed by atoms with van der Waals surface area (Å²) >= 11 is 0. The highest BCUT2D eigenvalue weighted by molar-refractivity contribution is 5.96. The lowest BCUT2D eigenvalue weighted by Gasteiger charge is -2.23. The molecule has 0 aliphatic heterocycles. The third kappa shape index (κ3) is 3.14. The lowest BCUT2D eigenvalue weighted by Crippen LogP contribution is -2.16. The van der Waals surface area contributed by atoms with Gasteiger partial charge in [-0.2, -0.15) is 5.26 Å². The molecule has 0 radical (unpaired) electrons. The first-order chi connectivity index (χ1) is 9.95.